The summed E-state index contributed by atoms with van der Waals surface area (Å²) in [7, 11) is 1.63. The summed E-state index contributed by atoms with van der Waals surface area (Å²) < 4.78 is 11.6. The highest BCUT2D eigenvalue weighted by molar-refractivity contribution is 5.93. The molecule has 1 unspecified atom stereocenters. The van der Waals surface area contributed by atoms with E-state index >= 15 is 0 Å². The molecule has 1 fully saturated rings. The number of ether oxygens (including phenoxy) is 2. The zero-order chi connectivity index (χ0) is 22.1. The van der Waals surface area contributed by atoms with Gasteiger partial charge in [0.1, 0.15) is 11.9 Å². The number of aryl methyl sites for hydroxylation is 1. The van der Waals surface area contributed by atoms with Gasteiger partial charge in [0.05, 0.1) is 19.8 Å². The molecule has 0 aliphatic carbocycles. The molecule has 2 aromatic rings. The highest BCUT2D eigenvalue weighted by Crippen LogP contribution is 2.23. The van der Waals surface area contributed by atoms with E-state index in [-0.39, 0.29) is 12.0 Å². The zero-order valence-electron chi connectivity index (χ0n) is 18.5. The standard InChI is InChI=1S/C24H32N4O3/c1-4-26-24(27-14-18-6-9-19(10-7-18)23(29)25-3)28-15-20-8-5-17(2)13-22(20)31-21-11-12-30-16-21/h5-10,13,21H,4,11-12,14-16H2,1-3H3,(H,25,29)(H2,26,27,28). The Morgan fingerprint density at radius 3 is 2.68 bits per heavy atom. The molecular weight excluding hydrogens is 392 g/mol. The van der Waals surface area contributed by atoms with Gasteiger partial charge in [-0.2, -0.15) is 0 Å². The fraction of sp³-hybridized carbons (Fsp3) is 0.417. The second-order valence-electron chi connectivity index (χ2n) is 7.54. The van der Waals surface area contributed by atoms with Gasteiger partial charge in [-0.05, 0) is 43.2 Å². The lowest BCUT2D eigenvalue weighted by Gasteiger charge is -2.18. The van der Waals surface area contributed by atoms with Crippen LogP contribution >= 0.6 is 0 Å². The highest BCUT2D eigenvalue weighted by Gasteiger charge is 2.18. The molecule has 1 atom stereocenters. The summed E-state index contributed by atoms with van der Waals surface area (Å²) in [5, 5.41) is 9.30. The molecule has 0 saturated carbocycles. The smallest absolute Gasteiger partial charge is 0.251 e. The maximum atomic E-state index is 11.7. The van der Waals surface area contributed by atoms with Gasteiger partial charge >= 0.3 is 0 Å². The van der Waals surface area contributed by atoms with Crippen LogP contribution in [-0.4, -0.2) is 44.8 Å². The Morgan fingerprint density at radius 1 is 1.19 bits per heavy atom. The molecule has 0 bridgehead atoms. The number of carbonyl (C=O) groups excluding carboxylic acids is 1. The topological polar surface area (TPSA) is 84.0 Å². The van der Waals surface area contributed by atoms with Gasteiger partial charge in [0.25, 0.3) is 5.91 Å². The maximum absolute atomic E-state index is 11.7. The van der Waals surface area contributed by atoms with E-state index in [0.29, 0.717) is 25.3 Å². The van der Waals surface area contributed by atoms with E-state index in [4.69, 9.17) is 9.47 Å². The molecule has 3 rings (SSSR count). The SMILES string of the molecule is CCNC(=NCc1ccc(C(=O)NC)cc1)NCc1ccc(C)cc1OC1CCOC1. The Morgan fingerprint density at radius 2 is 2.00 bits per heavy atom. The van der Waals surface area contributed by atoms with Crippen LogP contribution in [0.1, 0.15) is 40.4 Å². The van der Waals surface area contributed by atoms with Crippen LogP contribution in [0.25, 0.3) is 0 Å². The predicted molar refractivity (Wildman–Crippen MR) is 123 cm³/mol. The molecule has 1 aliphatic rings. The summed E-state index contributed by atoms with van der Waals surface area (Å²) in [6, 6.07) is 13.7. The van der Waals surface area contributed by atoms with Crippen molar-refractivity contribution in [3.63, 3.8) is 0 Å². The van der Waals surface area contributed by atoms with Gasteiger partial charge in [-0.25, -0.2) is 4.99 Å². The van der Waals surface area contributed by atoms with Crippen molar-refractivity contribution in [1.82, 2.24) is 16.0 Å². The number of carbonyl (C=O) groups is 1. The Labute approximate surface area is 184 Å². The average Bonchev–Trinajstić information content (AvgIpc) is 3.29. The number of guanidine groups is 1. The van der Waals surface area contributed by atoms with Crippen molar-refractivity contribution in [2.45, 2.75) is 39.5 Å². The van der Waals surface area contributed by atoms with Crippen LogP contribution in [0.15, 0.2) is 47.5 Å². The summed E-state index contributed by atoms with van der Waals surface area (Å²) in [5.41, 5.74) is 3.92. The minimum atomic E-state index is -0.0923. The molecule has 0 aromatic heterocycles. The third-order valence-electron chi connectivity index (χ3n) is 5.06. The molecule has 1 saturated heterocycles. The first-order valence-electron chi connectivity index (χ1n) is 10.8. The van der Waals surface area contributed by atoms with Crippen molar-refractivity contribution in [2.75, 3.05) is 26.8 Å². The first-order valence-corrected chi connectivity index (χ1v) is 10.8. The predicted octanol–water partition coefficient (Wildman–Crippen LogP) is 2.78. The van der Waals surface area contributed by atoms with Crippen molar-refractivity contribution < 1.29 is 14.3 Å². The molecule has 1 heterocycles. The monoisotopic (exact) mass is 424 g/mol. The van der Waals surface area contributed by atoms with Crippen molar-refractivity contribution in [3.05, 3.63) is 64.7 Å². The fourth-order valence-electron chi connectivity index (χ4n) is 3.30. The minimum Gasteiger partial charge on any atom is -0.488 e. The number of nitrogens with zero attached hydrogens (tertiary/aromatic N) is 1. The van der Waals surface area contributed by atoms with Crippen LogP contribution in [-0.2, 0) is 17.8 Å². The fourth-order valence-corrected chi connectivity index (χ4v) is 3.30. The normalized spacial score (nSPS) is 16.1. The molecule has 31 heavy (non-hydrogen) atoms. The van der Waals surface area contributed by atoms with Crippen molar-refractivity contribution in [2.24, 2.45) is 4.99 Å². The molecule has 3 N–H and O–H groups in total. The number of rotatable bonds is 8. The third-order valence-corrected chi connectivity index (χ3v) is 5.06. The Bertz CT molecular complexity index is 890. The number of nitrogens with one attached hydrogen (secondary N) is 3. The number of benzene rings is 2. The Hall–Kier alpha value is -3.06. The number of hydrogen-bond acceptors (Lipinski definition) is 4. The lowest BCUT2D eigenvalue weighted by Crippen LogP contribution is -2.37. The van der Waals surface area contributed by atoms with Crippen LogP contribution in [0, 0.1) is 6.92 Å². The van der Waals surface area contributed by atoms with E-state index < -0.39 is 0 Å². The Kier molecular flexibility index (Phi) is 8.29. The van der Waals surface area contributed by atoms with Crippen molar-refractivity contribution in [3.8, 4) is 5.75 Å². The van der Waals surface area contributed by atoms with Gasteiger partial charge in [0.2, 0.25) is 0 Å². The summed E-state index contributed by atoms with van der Waals surface area (Å²) in [6.45, 7) is 7.38. The Balaban J connectivity index is 1.64. The van der Waals surface area contributed by atoms with Crippen LogP contribution in [0.4, 0.5) is 0 Å². The average molecular weight is 425 g/mol. The zero-order valence-corrected chi connectivity index (χ0v) is 18.5. The summed E-state index contributed by atoms with van der Waals surface area (Å²) >= 11 is 0. The van der Waals surface area contributed by atoms with Crippen LogP contribution in [0.3, 0.4) is 0 Å². The molecule has 7 heteroatoms. The first kappa shape index (κ1) is 22.6. The maximum Gasteiger partial charge on any atom is 0.251 e. The molecule has 166 valence electrons. The summed E-state index contributed by atoms with van der Waals surface area (Å²) in [5.74, 6) is 1.53. The second kappa shape index (κ2) is 11.4. The molecule has 1 amide bonds. The molecule has 1 aliphatic heterocycles. The molecular formula is C24H32N4O3. The van der Waals surface area contributed by atoms with Gasteiger partial charge in [-0.3, -0.25) is 4.79 Å². The van der Waals surface area contributed by atoms with Gasteiger partial charge in [0, 0.05) is 37.7 Å². The number of aliphatic imine (C=N–C) groups is 1. The minimum absolute atomic E-state index is 0.0923. The van der Waals surface area contributed by atoms with E-state index in [1.54, 1.807) is 7.05 Å². The van der Waals surface area contributed by atoms with Gasteiger partial charge in [-0.1, -0.05) is 24.3 Å². The lowest BCUT2D eigenvalue weighted by atomic mass is 10.1. The summed E-state index contributed by atoms with van der Waals surface area (Å²) in [6.07, 6.45) is 1.03. The largest absolute Gasteiger partial charge is 0.488 e. The van der Waals surface area contributed by atoms with E-state index in [9.17, 15) is 4.79 Å². The lowest BCUT2D eigenvalue weighted by molar-refractivity contribution is 0.0963. The molecule has 0 spiro atoms. The van der Waals surface area contributed by atoms with Gasteiger partial charge in [-0.15, -0.1) is 0 Å². The molecule has 2 aromatic carbocycles. The van der Waals surface area contributed by atoms with E-state index in [1.165, 1.54) is 5.56 Å². The van der Waals surface area contributed by atoms with Gasteiger partial charge in [0.15, 0.2) is 5.96 Å². The van der Waals surface area contributed by atoms with Crippen molar-refractivity contribution in [1.29, 1.82) is 0 Å². The quantitative estimate of drug-likeness (QED) is 0.448. The molecule has 7 nitrogen and oxygen atoms in total. The van der Waals surface area contributed by atoms with Crippen LogP contribution < -0.4 is 20.7 Å². The van der Waals surface area contributed by atoms with Crippen molar-refractivity contribution >= 4 is 11.9 Å². The second-order valence-corrected chi connectivity index (χ2v) is 7.54. The highest BCUT2D eigenvalue weighted by atomic mass is 16.5. The first-order chi connectivity index (χ1) is 15.1. The van der Waals surface area contributed by atoms with Gasteiger partial charge < -0.3 is 25.4 Å². The van der Waals surface area contributed by atoms with Crippen LogP contribution in [0.2, 0.25) is 0 Å². The van der Waals surface area contributed by atoms with E-state index in [0.717, 1.165) is 42.4 Å². The number of amides is 1. The summed E-state index contributed by atoms with van der Waals surface area (Å²) in [4.78, 5) is 16.4. The molecule has 0 radical (unpaired) electrons. The van der Waals surface area contributed by atoms with E-state index in [1.807, 2.05) is 31.2 Å². The third kappa shape index (κ3) is 6.72. The number of hydrogen-bond donors (Lipinski definition) is 3. The van der Waals surface area contributed by atoms with Crippen LogP contribution in [0.5, 0.6) is 5.75 Å². The van der Waals surface area contributed by atoms with E-state index in [2.05, 4.69) is 46.1 Å².